The van der Waals surface area contributed by atoms with Crippen LogP contribution >= 0.6 is 0 Å². The molecule has 0 fully saturated rings. The van der Waals surface area contributed by atoms with Gasteiger partial charge in [-0.05, 0) is 17.7 Å². The van der Waals surface area contributed by atoms with Gasteiger partial charge >= 0.3 is 6.09 Å². The predicted molar refractivity (Wildman–Crippen MR) is 94.3 cm³/mol. The van der Waals surface area contributed by atoms with Gasteiger partial charge in [0.15, 0.2) is 5.75 Å². The number of pyridine rings is 1. The quantitative estimate of drug-likeness (QED) is 0.727. The standard InChI is InChI=1S/C19H18N2O3/c1-20(2)19(23)24-17-14-11-7-8-12-15(14)21(3)18(22)16(17)13-9-5-4-6-10-13/h4-12H,1-3H3. The van der Waals surface area contributed by atoms with E-state index in [1.165, 1.54) is 4.90 Å². The van der Waals surface area contributed by atoms with Gasteiger partial charge in [-0.25, -0.2) is 4.79 Å². The molecule has 0 saturated carbocycles. The number of carbonyl (C=O) groups excluding carboxylic acids is 1. The molecule has 0 N–H and O–H groups in total. The largest absolute Gasteiger partial charge is 0.414 e. The Morgan fingerprint density at radius 3 is 2.29 bits per heavy atom. The van der Waals surface area contributed by atoms with Gasteiger partial charge in [0.1, 0.15) is 0 Å². The molecule has 0 aliphatic carbocycles. The molecule has 3 aromatic rings. The first-order valence-corrected chi connectivity index (χ1v) is 7.57. The van der Waals surface area contributed by atoms with Gasteiger partial charge < -0.3 is 14.2 Å². The second-order valence-electron chi connectivity index (χ2n) is 5.71. The Balaban J connectivity index is 2.38. The molecule has 0 aliphatic heterocycles. The van der Waals surface area contributed by atoms with Crippen molar-refractivity contribution >= 4 is 17.0 Å². The molecule has 3 rings (SSSR count). The van der Waals surface area contributed by atoms with Crippen molar-refractivity contribution in [3.05, 3.63) is 65.0 Å². The SMILES string of the molecule is CN(C)C(=O)Oc1c(-c2ccccc2)c(=O)n(C)c2ccccc12. The molecule has 0 aliphatic rings. The van der Waals surface area contributed by atoms with Gasteiger partial charge in [0.2, 0.25) is 0 Å². The second-order valence-corrected chi connectivity index (χ2v) is 5.71. The highest BCUT2D eigenvalue weighted by molar-refractivity contribution is 5.94. The zero-order chi connectivity index (χ0) is 17.3. The van der Waals surface area contributed by atoms with Gasteiger partial charge in [-0.3, -0.25) is 4.79 Å². The van der Waals surface area contributed by atoms with Crippen molar-refractivity contribution < 1.29 is 9.53 Å². The van der Waals surface area contributed by atoms with Crippen molar-refractivity contribution in [1.29, 1.82) is 0 Å². The zero-order valence-corrected chi connectivity index (χ0v) is 13.8. The maximum Gasteiger partial charge on any atom is 0.414 e. The zero-order valence-electron chi connectivity index (χ0n) is 13.8. The number of nitrogens with zero attached hydrogens (tertiary/aromatic N) is 2. The Bertz CT molecular complexity index is 960. The van der Waals surface area contributed by atoms with Crippen LogP contribution in [0.5, 0.6) is 5.75 Å². The fourth-order valence-corrected chi connectivity index (χ4v) is 2.61. The molecule has 1 amide bonds. The van der Waals surface area contributed by atoms with E-state index in [0.29, 0.717) is 27.8 Å². The van der Waals surface area contributed by atoms with E-state index in [9.17, 15) is 9.59 Å². The minimum Gasteiger partial charge on any atom is -0.409 e. The molecule has 24 heavy (non-hydrogen) atoms. The fraction of sp³-hybridized carbons (Fsp3) is 0.158. The van der Waals surface area contributed by atoms with E-state index in [2.05, 4.69) is 0 Å². The first-order chi connectivity index (χ1) is 11.5. The topological polar surface area (TPSA) is 51.5 Å². The van der Waals surface area contributed by atoms with E-state index in [-0.39, 0.29) is 5.56 Å². The summed E-state index contributed by atoms with van der Waals surface area (Å²) in [5.74, 6) is 0.290. The van der Waals surface area contributed by atoms with Crippen molar-refractivity contribution in [2.45, 2.75) is 0 Å². The van der Waals surface area contributed by atoms with E-state index in [4.69, 9.17) is 4.74 Å². The molecule has 0 unspecified atom stereocenters. The van der Waals surface area contributed by atoms with Crippen LogP contribution < -0.4 is 10.3 Å². The number of fused-ring (bicyclic) bond motifs is 1. The maximum absolute atomic E-state index is 12.9. The van der Waals surface area contributed by atoms with Gasteiger partial charge in [0.05, 0.1) is 11.1 Å². The number of benzene rings is 2. The van der Waals surface area contributed by atoms with E-state index < -0.39 is 6.09 Å². The average Bonchev–Trinajstić information content (AvgIpc) is 2.60. The highest BCUT2D eigenvalue weighted by atomic mass is 16.6. The number of aryl methyl sites for hydroxylation is 1. The van der Waals surface area contributed by atoms with Crippen LogP contribution in [0.4, 0.5) is 4.79 Å². The van der Waals surface area contributed by atoms with Crippen LogP contribution in [0.1, 0.15) is 0 Å². The molecule has 1 aromatic heterocycles. The summed E-state index contributed by atoms with van der Waals surface area (Å²) in [4.78, 5) is 26.4. The summed E-state index contributed by atoms with van der Waals surface area (Å²) in [6.45, 7) is 0. The lowest BCUT2D eigenvalue weighted by Gasteiger charge is -2.17. The third-order valence-electron chi connectivity index (χ3n) is 3.87. The van der Waals surface area contributed by atoms with Gasteiger partial charge in [-0.2, -0.15) is 0 Å². The van der Waals surface area contributed by atoms with Gasteiger partial charge in [0, 0.05) is 26.5 Å². The Morgan fingerprint density at radius 2 is 1.62 bits per heavy atom. The Morgan fingerprint density at radius 1 is 1.00 bits per heavy atom. The summed E-state index contributed by atoms with van der Waals surface area (Å²) >= 11 is 0. The highest BCUT2D eigenvalue weighted by Crippen LogP contribution is 2.34. The lowest BCUT2D eigenvalue weighted by Crippen LogP contribution is -2.27. The molecule has 2 aromatic carbocycles. The monoisotopic (exact) mass is 322 g/mol. The average molecular weight is 322 g/mol. The lowest BCUT2D eigenvalue weighted by atomic mass is 10.0. The summed E-state index contributed by atoms with van der Waals surface area (Å²) < 4.78 is 7.16. The number of ether oxygens (including phenoxy) is 1. The summed E-state index contributed by atoms with van der Waals surface area (Å²) in [5, 5.41) is 0.716. The van der Waals surface area contributed by atoms with Crippen LogP contribution in [-0.2, 0) is 7.05 Å². The molecule has 122 valence electrons. The van der Waals surface area contributed by atoms with Crippen LogP contribution in [-0.4, -0.2) is 29.7 Å². The lowest BCUT2D eigenvalue weighted by molar-refractivity contribution is 0.172. The predicted octanol–water partition coefficient (Wildman–Crippen LogP) is 3.27. The minimum atomic E-state index is -0.523. The molecule has 0 spiro atoms. The molecule has 1 heterocycles. The Kier molecular flexibility index (Phi) is 4.08. The van der Waals surface area contributed by atoms with Crippen molar-refractivity contribution in [3.63, 3.8) is 0 Å². The molecule has 5 heteroatoms. The van der Waals surface area contributed by atoms with Gasteiger partial charge in [0.25, 0.3) is 5.56 Å². The Hall–Kier alpha value is -3.08. The third kappa shape index (κ3) is 2.65. The van der Waals surface area contributed by atoms with Crippen LogP contribution in [0.3, 0.4) is 0 Å². The van der Waals surface area contributed by atoms with Crippen LogP contribution in [0.15, 0.2) is 59.4 Å². The first kappa shape index (κ1) is 15.8. The molecule has 0 atom stereocenters. The second kappa shape index (κ2) is 6.20. The summed E-state index contributed by atoms with van der Waals surface area (Å²) in [6.07, 6.45) is -0.523. The number of para-hydroxylation sites is 1. The first-order valence-electron chi connectivity index (χ1n) is 7.57. The maximum atomic E-state index is 12.9. The molecule has 0 bridgehead atoms. The van der Waals surface area contributed by atoms with Crippen molar-refractivity contribution in [2.24, 2.45) is 7.05 Å². The number of rotatable bonds is 2. The molecular weight excluding hydrogens is 304 g/mol. The van der Waals surface area contributed by atoms with Gasteiger partial charge in [-0.15, -0.1) is 0 Å². The number of amides is 1. The molecule has 5 nitrogen and oxygen atoms in total. The minimum absolute atomic E-state index is 0.207. The molecule has 0 radical (unpaired) electrons. The summed E-state index contributed by atoms with van der Waals surface area (Å²) in [6, 6.07) is 16.6. The molecule has 0 saturated heterocycles. The number of aromatic nitrogens is 1. The van der Waals surface area contributed by atoms with E-state index in [1.54, 1.807) is 25.7 Å². The summed E-state index contributed by atoms with van der Waals surface area (Å²) in [5.41, 5.74) is 1.60. The van der Waals surface area contributed by atoms with Crippen LogP contribution in [0.2, 0.25) is 0 Å². The number of hydrogen-bond acceptors (Lipinski definition) is 3. The van der Waals surface area contributed by atoms with Crippen LogP contribution in [0.25, 0.3) is 22.0 Å². The normalized spacial score (nSPS) is 10.6. The van der Waals surface area contributed by atoms with Crippen LogP contribution in [0, 0.1) is 0 Å². The van der Waals surface area contributed by atoms with E-state index in [0.717, 1.165) is 0 Å². The van der Waals surface area contributed by atoms with Crippen molar-refractivity contribution in [2.75, 3.05) is 14.1 Å². The van der Waals surface area contributed by atoms with E-state index in [1.807, 2.05) is 54.6 Å². The van der Waals surface area contributed by atoms with Gasteiger partial charge in [-0.1, -0.05) is 42.5 Å². The highest BCUT2D eigenvalue weighted by Gasteiger charge is 2.21. The number of carbonyl (C=O) groups is 1. The Labute approximate surface area is 139 Å². The van der Waals surface area contributed by atoms with Crippen molar-refractivity contribution in [1.82, 2.24) is 9.47 Å². The number of hydrogen-bond donors (Lipinski definition) is 0. The fourth-order valence-electron chi connectivity index (χ4n) is 2.61. The smallest absolute Gasteiger partial charge is 0.409 e. The molecular formula is C19H18N2O3. The summed E-state index contributed by atoms with van der Waals surface area (Å²) in [7, 11) is 4.93. The van der Waals surface area contributed by atoms with E-state index >= 15 is 0 Å². The third-order valence-corrected chi connectivity index (χ3v) is 3.87. The van der Waals surface area contributed by atoms with Crippen molar-refractivity contribution in [3.8, 4) is 16.9 Å².